The Balaban J connectivity index is 1.46. The van der Waals surface area contributed by atoms with Crippen molar-refractivity contribution < 1.29 is 19.5 Å². The SMILES string of the molecule is CCN(CC)c1ccc(N2CC=C[C@]34S[C@]5(C)C=CCN(c6ccccc6)C(=O)[C@@H]5[C@H]3C(=O)N([C@@H](CO)C(C)C)C4C2=O)cc1. The molecule has 6 rings (SSSR count). The van der Waals surface area contributed by atoms with Crippen molar-refractivity contribution in [2.75, 3.05) is 47.5 Å². The highest BCUT2D eigenvalue weighted by Gasteiger charge is 2.74. The van der Waals surface area contributed by atoms with Crippen LogP contribution in [0.3, 0.4) is 0 Å². The van der Waals surface area contributed by atoms with Crippen LogP contribution in [0.4, 0.5) is 17.1 Å². The molecular formula is C36H44N4O4S. The monoisotopic (exact) mass is 628 g/mol. The Labute approximate surface area is 270 Å². The fourth-order valence-electron chi connectivity index (χ4n) is 7.94. The van der Waals surface area contributed by atoms with Gasteiger partial charge in [0.15, 0.2) is 0 Å². The summed E-state index contributed by atoms with van der Waals surface area (Å²) >= 11 is 1.57. The molecule has 0 aromatic heterocycles. The summed E-state index contributed by atoms with van der Waals surface area (Å²) in [6.07, 6.45) is 8.12. The molecule has 1 unspecified atom stereocenters. The van der Waals surface area contributed by atoms with Gasteiger partial charge < -0.3 is 24.7 Å². The van der Waals surface area contributed by atoms with Gasteiger partial charge in [-0.05, 0) is 63.1 Å². The number of anilines is 3. The maximum atomic E-state index is 14.9. The summed E-state index contributed by atoms with van der Waals surface area (Å²) in [5, 5.41) is 10.6. The van der Waals surface area contributed by atoms with Crippen molar-refractivity contribution in [1.82, 2.24) is 4.90 Å². The second kappa shape index (κ2) is 12.0. The summed E-state index contributed by atoms with van der Waals surface area (Å²) in [4.78, 5) is 51.7. The molecule has 0 saturated carbocycles. The summed E-state index contributed by atoms with van der Waals surface area (Å²) in [5.41, 5.74) is 2.63. The first-order chi connectivity index (χ1) is 21.6. The standard InChI is InChI=1S/C36H44N4O4S/c1-6-37(7-2)25-15-17-27(18-16-25)39-22-12-20-36-30(33(43)40(31(36)34(39)44)28(23-41)24(3)4)29-32(42)38(26-13-9-8-10-14-26)21-11-19-35(29,5)45-36/h8-20,24,28-31,41H,6-7,21-23H2,1-5H3/t28-,29-,30-,31?,35+,36-/m0/s1. The van der Waals surface area contributed by atoms with Gasteiger partial charge in [-0.25, -0.2) is 0 Å². The second-order valence-electron chi connectivity index (χ2n) is 13.0. The van der Waals surface area contributed by atoms with Gasteiger partial charge in [-0.15, -0.1) is 11.8 Å². The first-order valence-electron chi connectivity index (χ1n) is 16.1. The lowest BCUT2D eigenvalue weighted by atomic mass is 9.74. The van der Waals surface area contributed by atoms with E-state index in [4.69, 9.17) is 0 Å². The quantitative estimate of drug-likeness (QED) is 0.426. The van der Waals surface area contributed by atoms with Crippen LogP contribution in [-0.4, -0.2) is 82.1 Å². The van der Waals surface area contributed by atoms with Gasteiger partial charge in [0.05, 0.1) is 29.2 Å². The minimum Gasteiger partial charge on any atom is -0.394 e. The van der Waals surface area contributed by atoms with E-state index in [1.54, 1.807) is 26.5 Å². The maximum absolute atomic E-state index is 14.9. The third-order valence-corrected chi connectivity index (χ3v) is 12.0. The number of amides is 3. The Morgan fingerprint density at radius 3 is 2.04 bits per heavy atom. The van der Waals surface area contributed by atoms with E-state index in [1.807, 2.05) is 93.6 Å². The fourth-order valence-corrected chi connectivity index (χ4v) is 10.1. The van der Waals surface area contributed by atoms with Gasteiger partial charge in [0.2, 0.25) is 11.8 Å². The molecule has 2 fully saturated rings. The number of para-hydroxylation sites is 1. The molecule has 0 bridgehead atoms. The highest BCUT2D eigenvalue weighted by atomic mass is 32.2. The van der Waals surface area contributed by atoms with Gasteiger partial charge in [-0.2, -0.15) is 0 Å². The van der Waals surface area contributed by atoms with Crippen molar-refractivity contribution >= 4 is 46.5 Å². The Bertz CT molecular complexity index is 1510. The molecule has 2 saturated heterocycles. The average Bonchev–Trinajstić information content (AvgIpc) is 3.30. The lowest BCUT2D eigenvalue weighted by Crippen LogP contribution is -2.58. The molecule has 2 aromatic carbocycles. The molecule has 238 valence electrons. The van der Waals surface area contributed by atoms with Crippen molar-refractivity contribution in [2.45, 2.75) is 56.2 Å². The van der Waals surface area contributed by atoms with E-state index in [0.29, 0.717) is 13.1 Å². The van der Waals surface area contributed by atoms with E-state index in [0.717, 1.165) is 30.2 Å². The zero-order valence-corrected chi connectivity index (χ0v) is 27.6. The highest BCUT2D eigenvalue weighted by molar-refractivity contribution is 8.02. The summed E-state index contributed by atoms with van der Waals surface area (Å²) in [5.74, 6) is -2.09. The average molecular weight is 629 g/mol. The highest BCUT2D eigenvalue weighted by Crippen LogP contribution is 2.66. The minimum atomic E-state index is -0.981. The van der Waals surface area contributed by atoms with Crippen molar-refractivity contribution in [2.24, 2.45) is 17.8 Å². The summed E-state index contributed by atoms with van der Waals surface area (Å²) in [6, 6.07) is 16.1. The number of likely N-dealkylation sites (tertiary alicyclic amines) is 1. The van der Waals surface area contributed by atoms with E-state index < -0.39 is 33.4 Å². The summed E-state index contributed by atoms with van der Waals surface area (Å²) in [7, 11) is 0. The van der Waals surface area contributed by atoms with Crippen LogP contribution in [0.2, 0.25) is 0 Å². The predicted molar refractivity (Wildman–Crippen MR) is 181 cm³/mol. The first kappa shape index (κ1) is 31.4. The Morgan fingerprint density at radius 2 is 1.44 bits per heavy atom. The third kappa shape index (κ3) is 4.90. The number of fused-ring (bicyclic) bond motifs is 2. The number of aliphatic hydroxyl groups excluding tert-OH is 1. The number of thioether (sulfide) groups is 1. The molecule has 45 heavy (non-hydrogen) atoms. The van der Waals surface area contributed by atoms with Crippen molar-refractivity contribution in [3.63, 3.8) is 0 Å². The molecule has 2 aromatic rings. The summed E-state index contributed by atoms with van der Waals surface area (Å²) in [6.45, 7) is 12.5. The third-order valence-electron chi connectivity index (χ3n) is 10.2. The minimum absolute atomic E-state index is 0.0985. The Hall–Kier alpha value is -3.56. The van der Waals surface area contributed by atoms with E-state index >= 15 is 0 Å². The largest absolute Gasteiger partial charge is 0.394 e. The second-order valence-corrected chi connectivity index (χ2v) is 14.8. The van der Waals surface area contributed by atoms with E-state index in [1.165, 1.54) is 0 Å². The van der Waals surface area contributed by atoms with Gasteiger partial charge >= 0.3 is 0 Å². The van der Waals surface area contributed by atoms with E-state index in [2.05, 4.69) is 24.8 Å². The van der Waals surface area contributed by atoms with Crippen LogP contribution in [0.5, 0.6) is 0 Å². The van der Waals surface area contributed by atoms with Gasteiger partial charge in [-0.1, -0.05) is 56.4 Å². The van der Waals surface area contributed by atoms with Crippen molar-refractivity contribution in [1.29, 1.82) is 0 Å². The number of nitrogens with zero attached hydrogens (tertiary/aromatic N) is 4. The molecule has 4 aliphatic heterocycles. The Kier molecular flexibility index (Phi) is 8.37. The molecule has 4 aliphatic rings. The van der Waals surface area contributed by atoms with Crippen molar-refractivity contribution in [3.05, 3.63) is 78.9 Å². The molecule has 9 heteroatoms. The van der Waals surface area contributed by atoms with Crippen LogP contribution in [0.25, 0.3) is 0 Å². The number of hydrogen-bond donors (Lipinski definition) is 1. The molecule has 0 radical (unpaired) electrons. The van der Waals surface area contributed by atoms with Crippen LogP contribution in [0.15, 0.2) is 78.9 Å². The summed E-state index contributed by atoms with van der Waals surface area (Å²) < 4.78 is -1.69. The lowest BCUT2D eigenvalue weighted by Gasteiger charge is -2.41. The smallest absolute Gasteiger partial charge is 0.251 e. The van der Waals surface area contributed by atoms with E-state index in [-0.39, 0.29) is 30.2 Å². The van der Waals surface area contributed by atoms with E-state index in [9.17, 15) is 19.5 Å². The maximum Gasteiger partial charge on any atom is 0.251 e. The molecule has 1 N–H and O–H groups in total. The number of aliphatic hydroxyl groups is 1. The van der Waals surface area contributed by atoms with Crippen molar-refractivity contribution in [3.8, 4) is 0 Å². The lowest BCUT2D eigenvalue weighted by molar-refractivity contribution is -0.143. The van der Waals surface area contributed by atoms with Gasteiger partial charge in [0.1, 0.15) is 6.04 Å². The predicted octanol–water partition coefficient (Wildman–Crippen LogP) is 4.74. The van der Waals surface area contributed by atoms with Crippen LogP contribution in [0.1, 0.15) is 34.6 Å². The van der Waals surface area contributed by atoms with Gasteiger partial charge in [-0.3, -0.25) is 14.4 Å². The normalized spacial score (nSPS) is 29.9. The number of benzene rings is 2. The zero-order chi connectivity index (χ0) is 32.1. The molecule has 0 aliphatic carbocycles. The topological polar surface area (TPSA) is 84.4 Å². The molecule has 4 heterocycles. The molecular weight excluding hydrogens is 584 g/mol. The number of carbonyl (C=O) groups is 3. The molecule has 3 amide bonds. The first-order valence-corrected chi connectivity index (χ1v) is 16.9. The molecule has 8 nitrogen and oxygen atoms in total. The van der Waals surface area contributed by atoms with Crippen LogP contribution in [0, 0.1) is 17.8 Å². The van der Waals surface area contributed by atoms with Gasteiger partial charge in [0.25, 0.3) is 5.91 Å². The number of rotatable bonds is 8. The molecule has 1 spiro atoms. The number of hydrogen-bond acceptors (Lipinski definition) is 6. The van der Waals surface area contributed by atoms with Crippen LogP contribution >= 0.6 is 11.8 Å². The van der Waals surface area contributed by atoms with Crippen LogP contribution < -0.4 is 14.7 Å². The van der Waals surface area contributed by atoms with Crippen LogP contribution in [-0.2, 0) is 14.4 Å². The number of carbonyl (C=O) groups excluding carboxylic acids is 3. The molecule has 6 atom stereocenters. The zero-order valence-electron chi connectivity index (χ0n) is 26.8. The fraction of sp³-hybridized carbons (Fsp3) is 0.472. The Morgan fingerprint density at radius 1 is 0.844 bits per heavy atom. The van der Waals surface area contributed by atoms with Gasteiger partial charge in [0, 0.05) is 48.0 Å².